The summed E-state index contributed by atoms with van der Waals surface area (Å²) in [6.45, 7) is 4.61. The SMILES string of the molecule is CCc1ccc2ncc(S(=O)(=O)c3ccc(Cl)cc3)c(NCc3ccc(C)cc3)c2c1. The van der Waals surface area contributed by atoms with Gasteiger partial charge in [0.15, 0.2) is 0 Å². The lowest BCUT2D eigenvalue weighted by Gasteiger charge is -2.16. The van der Waals surface area contributed by atoms with Gasteiger partial charge in [0, 0.05) is 23.2 Å². The van der Waals surface area contributed by atoms with E-state index in [1.165, 1.54) is 23.9 Å². The van der Waals surface area contributed by atoms with Crippen molar-refractivity contribution in [2.24, 2.45) is 0 Å². The van der Waals surface area contributed by atoms with Crippen molar-refractivity contribution in [1.29, 1.82) is 0 Å². The van der Waals surface area contributed by atoms with Crippen LogP contribution >= 0.6 is 11.6 Å². The minimum absolute atomic E-state index is 0.155. The van der Waals surface area contributed by atoms with E-state index < -0.39 is 9.84 Å². The number of benzene rings is 3. The predicted octanol–water partition coefficient (Wildman–Crippen LogP) is 6.20. The van der Waals surface area contributed by atoms with Crippen LogP contribution in [0.15, 0.2) is 82.7 Å². The fourth-order valence-corrected chi connectivity index (χ4v) is 4.98. The Hall–Kier alpha value is -2.89. The molecular weight excluding hydrogens is 428 g/mol. The van der Waals surface area contributed by atoms with E-state index in [9.17, 15) is 8.42 Å². The van der Waals surface area contributed by atoms with Crippen LogP contribution in [-0.2, 0) is 22.8 Å². The Morgan fingerprint density at radius 1 is 0.935 bits per heavy atom. The molecule has 0 atom stereocenters. The second-order valence-electron chi connectivity index (χ2n) is 7.50. The maximum Gasteiger partial charge on any atom is 0.210 e. The molecule has 0 aliphatic rings. The highest BCUT2D eigenvalue weighted by Crippen LogP contribution is 2.34. The third-order valence-electron chi connectivity index (χ3n) is 5.31. The van der Waals surface area contributed by atoms with Gasteiger partial charge in [0.25, 0.3) is 0 Å². The van der Waals surface area contributed by atoms with Crippen LogP contribution in [0.5, 0.6) is 0 Å². The Kier molecular flexibility index (Phi) is 5.99. The zero-order valence-corrected chi connectivity index (χ0v) is 19.0. The Morgan fingerprint density at radius 2 is 1.61 bits per heavy atom. The maximum absolute atomic E-state index is 13.5. The molecule has 0 bridgehead atoms. The number of hydrogen-bond acceptors (Lipinski definition) is 4. The first-order valence-electron chi connectivity index (χ1n) is 10.1. The molecule has 1 N–H and O–H groups in total. The van der Waals surface area contributed by atoms with Gasteiger partial charge in [0.2, 0.25) is 9.84 Å². The molecule has 6 heteroatoms. The molecule has 0 radical (unpaired) electrons. The van der Waals surface area contributed by atoms with E-state index in [4.69, 9.17) is 11.6 Å². The van der Waals surface area contributed by atoms with Crippen LogP contribution in [0.1, 0.15) is 23.6 Å². The van der Waals surface area contributed by atoms with Gasteiger partial charge in [0.05, 0.1) is 16.1 Å². The molecule has 1 aromatic heterocycles. The monoisotopic (exact) mass is 450 g/mol. The highest BCUT2D eigenvalue weighted by Gasteiger charge is 2.24. The topological polar surface area (TPSA) is 59.1 Å². The van der Waals surface area contributed by atoms with Crippen LogP contribution in [-0.4, -0.2) is 13.4 Å². The smallest absolute Gasteiger partial charge is 0.210 e. The lowest BCUT2D eigenvalue weighted by molar-refractivity contribution is 0.596. The van der Waals surface area contributed by atoms with Crippen molar-refractivity contribution in [1.82, 2.24) is 4.98 Å². The largest absolute Gasteiger partial charge is 0.379 e. The van der Waals surface area contributed by atoms with Crippen molar-refractivity contribution in [3.05, 3.63) is 94.6 Å². The Bertz CT molecular complexity index is 1330. The summed E-state index contributed by atoms with van der Waals surface area (Å²) in [5.74, 6) is 0. The summed E-state index contributed by atoms with van der Waals surface area (Å²) in [4.78, 5) is 4.79. The van der Waals surface area contributed by atoms with Crippen molar-refractivity contribution in [2.45, 2.75) is 36.6 Å². The summed E-state index contributed by atoms with van der Waals surface area (Å²) < 4.78 is 27.0. The van der Waals surface area contributed by atoms with Gasteiger partial charge in [-0.3, -0.25) is 4.98 Å². The van der Waals surface area contributed by atoms with Gasteiger partial charge >= 0.3 is 0 Å². The van der Waals surface area contributed by atoms with Gasteiger partial charge in [-0.25, -0.2) is 8.42 Å². The van der Waals surface area contributed by atoms with E-state index >= 15 is 0 Å². The average Bonchev–Trinajstić information content (AvgIpc) is 2.78. The summed E-state index contributed by atoms with van der Waals surface area (Å²) in [6, 6.07) is 20.3. The van der Waals surface area contributed by atoms with Gasteiger partial charge < -0.3 is 5.32 Å². The lowest BCUT2D eigenvalue weighted by Crippen LogP contribution is -2.10. The number of rotatable bonds is 6. The molecule has 158 valence electrons. The second-order valence-corrected chi connectivity index (χ2v) is 9.85. The summed E-state index contributed by atoms with van der Waals surface area (Å²) >= 11 is 5.96. The number of fused-ring (bicyclic) bond motifs is 1. The molecule has 0 saturated heterocycles. The number of aromatic nitrogens is 1. The number of nitrogens with one attached hydrogen (secondary N) is 1. The van der Waals surface area contributed by atoms with Gasteiger partial charge in [0.1, 0.15) is 4.90 Å². The molecule has 4 rings (SSSR count). The molecule has 31 heavy (non-hydrogen) atoms. The molecule has 4 nitrogen and oxygen atoms in total. The molecule has 0 fully saturated rings. The zero-order chi connectivity index (χ0) is 22.0. The Morgan fingerprint density at radius 3 is 2.29 bits per heavy atom. The van der Waals surface area contributed by atoms with E-state index in [1.807, 2.05) is 49.4 Å². The molecule has 0 saturated carbocycles. The van der Waals surface area contributed by atoms with Gasteiger partial charge in [-0.05, 0) is 60.9 Å². The minimum Gasteiger partial charge on any atom is -0.379 e. The third kappa shape index (κ3) is 4.43. The molecule has 0 aliphatic heterocycles. The number of aryl methyl sites for hydroxylation is 2. The van der Waals surface area contributed by atoms with Gasteiger partial charge in [-0.15, -0.1) is 0 Å². The van der Waals surface area contributed by atoms with E-state index in [-0.39, 0.29) is 9.79 Å². The van der Waals surface area contributed by atoms with Crippen molar-refractivity contribution < 1.29 is 8.42 Å². The fourth-order valence-electron chi connectivity index (χ4n) is 3.46. The second kappa shape index (κ2) is 8.69. The van der Waals surface area contributed by atoms with Crippen molar-refractivity contribution in [3.8, 4) is 0 Å². The summed E-state index contributed by atoms with van der Waals surface area (Å²) in [5, 5.41) is 4.67. The molecule has 3 aromatic carbocycles. The van der Waals surface area contributed by atoms with E-state index in [0.29, 0.717) is 17.3 Å². The number of sulfone groups is 1. The lowest BCUT2D eigenvalue weighted by atomic mass is 10.1. The van der Waals surface area contributed by atoms with Crippen LogP contribution < -0.4 is 5.32 Å². The predicted molar refractivity (Wildman–Crippen MR) is 127 cm³/mol. The maximum atomic E-state index is 13.5. The number of pyridine rings is 1. The molecule has 4 aromatic rings. The summed E-state index contributed by atoms with van der Waals surface area (Å²) in [7, 11) is -3.79. The highest BCUT2D eigenvalue weighted by atomic mass is 35.5. The van der Waals surface area contributed by atoms with Crippen LogP contribution in [0, 0.1) is 6.92 Å². The quantitative estimate of drug-likeness (QED) is 0.379. The minimum atomic E-state index is -3.79. The molecule has 0 spiro atoms. The average molecular weight is 451 g/mol. The van der Waals surface area contributed by atoms with E-state index in [2.05, 4.69) is 17.2 Å². The molecule has 0 amide bonds. The van der Waals surface area contributed by atoms with Gasteiger partial charge in [-0.1, -0.05) is 54.4 Å². The number of halogens is 1. The summed E-state index contributed by atoms with van der Waals surface area (Å²) in [6.07, 6.45) is 2.29. The third-order valence-corrected chi connectivity index (χ3v) is 7.34. The molecular formula is C25H23ClN2O2S. The van der Waals surface area contributed by atoms with Crippen LogP contribution in [0.25, 0.3) is 10.9 Å². The number of nitrogens with zero attached hydrogens (tertiary/aromatic N) is 1. The van der Waals surface area contributed by atoms with Crippen molar-refractivity contribution in [2.75, 3.05) is 5.32 Å². The van der Waals surface area contributed by atoms with Crippen molar-refractivity contribution >= 4 is 38.0 Å². The standard InChI is InChI=1S/C25H23ClN2O2S/c1-3-18-8-13-23-22(14-18)25(28-15-19-6-4-17(2)5-7-19)24(16-27-23)31(29,30)21-11-9-20(26)10-12-21/h4-14,16H,3,15H2,1-2H3,(H,27,28). The first kappa shape index (κ1) is 21.3. The summed E-state index contributed by atoms with van der Waals surface area (Å²) in [5.41, 5.74) is 4.68. The van der Waals surface area contributed by atoms with E-state index in [0.717, 1.165) is 28.5 Å². The van der Waals surface area contributed by atoms with Crippen LogP contribution in [0.4, 0.5) is 5.69 Å². The first-order chi connectivity index (χ1) is 14.9. The molecule has 0 aliphatic carbocycles. The fraction of sp³-hybridized carbons (Fsp3) is 0.160. The number of anilines is 1. The first-order valence-corrected chi connectivity index (χ1v) is 12.0. The van der Waals surface area contributed by atoms with Crippen LogP contribution in [0.3, 0.4) is 0 Å². The Labute approximate surface area is 187 Å². The Balaban J connectivity index is 1.86. The molecule has 1 heterocycles. The number of hydrogen-bond donors (Lipinski definition) is 1. The highest BCUT2D eigenvalue weighted by molar-refractivity contribution is 7.91. The normalized spacial score (nSPS) is 11.6. The zero-order valence-electron chi connectivity index (χ0n) is 17.4. The van der Waals surface area contributed by atoms with Gasteiger partial charge in [-0.2, -0.15) is 0 Å². The van der Waals surface area contributed by atoms with E-state index in [1.54, 1.807) is 12.1 Å². The van der Waals surface area contributed by atoms with Crippen LogP contribution in [0.2, 0.25) is 5.02 Å². The van der Waals surface area contributed by atoms with Crippen molar-refractivity contribution in [3.63, 3.8) is 0 Å². The molecule has 0 unspecified atom stereocenters.